The molecule has 0 aromatic heterocycles. The molecule has 4 nitrogen and oxygen atoms in total. The molecule has 1 unspecified atom stereocenters. The molecule has 4 heteroatoms. The van der Waals surface area contributed by atoms with Crippen LogP contribution in [0.5, 0.6) is 0 Å². The van der Waals surface area contributed by atoms with Gasteiger partial charge in [-0.05, 0) is 57.6 Å². The Kier molecular flexibility index (Phi) is 5.83. The van der Waals surface area contributed by atoms with E-state index in [1.807, 2.05) is 33.0 Å². The lowest BCUT2D eigenvalue weighted by Crippen LogP contribution is -2.40. The molecule has 0 aliphatic heterocycles. The van der Waals surface area contributed by atoms with Crippen LogP contribution in [0.25, 0.3) is 0 Å². The van der Waals surface area contributed by atoms with E-state index in [2.05, 4.69) is 17.1 Å². The van der Waals surface area contributed by atoms with Gasteiger partial charge in [0.2, 0.25) is 5.91 Å². The highest BCUT2D eigenvalue weighted by molar-refractivity contribution is 5.95. The molecule has 1 amide bonds. The smallest absolute Gasteiger partial charge is 0.241 e. The first kappa shape index (κ1) is 15.5. The van der Waals surface area contributed by atoms with Crippen molar-refractivity contribution in [3.63, 3.8) is 0 Å². The number of nitrogen functional groups attached to an aromatic ring is 1. The molecule has 1 aromatic carbocycles. The highest BCUT2D eigenvalue weighted by Crippen LogP contribution is 2.18. The Hall–Kier alpha value is -1.55. The number of unbranched alkanes of at least 4 members (excludes halogenated alkanes) is 1. The van der Waals surface area contributed by atoms with Crippen molar-refractivity contribution in [2.24, 2.45) is 0 Å². The molecule has 1 aromatic rings. The van der Waals surface area contributed by atoms with Crippen LogP contribution in [0.15, 0.2) is 18.2 Å². The molecule has 0 aliphatic carbocycles. The van der Waals surface area contributed by atoms with Crippen molar-refractivity contribution in [2.75, 3.05) is 24.6 Å². The highest BCUT2D eigenvalue weighted by Gasteiger charge is 2.18. The Morgan fingerprint density at radius 1 is 1.47 bits per heavy atom. The predicted octanol–water partition coefficient (Wildman–Crippen LogP) is 2.64. The number of nitrogens with zero attached hydrogens (tertiary/aromatic N) is 1. The summed E-state index contributed by atoms with van der Waals surface area (Å²) in [7, 11) is 1.98. The van der Waals surface area contributed by atoms with Gasteiger partial charge in [-0.25, -0.2) is 0 Å². The summed E-state index contributed by atoms with van der Waals surface area (Å²) in [5.74, 6) is 0.0199. The van der Waals surface area contributed by atoms with E-state index in [9.17, 15) is 4.79 Å². The molecular weight excluding hydrogens is 238 g/mol. The lowest BCUT2D eigenvalue weighted by molar-refractivity contribution is -0.120. The molecule has 106 valence electrons. The molecule has 0 bridgehead atoms. The number of anilines is 2. The Morgan fingerprint density at radius 2 is 2.16 bits per heavy atom. The van der Waals surface area contributed by atoms with Crippen LogP contribution in [-0.4, -0.2) is 30.4 Å². The van der Waals surface area contributed by atoms with Gasteiger partial charge in [-0.3, -0.25) is 9.69 Å². The second-order valence-corrected chi connectivity index (χ2v) is 5.07. The van der Waals surface area contributed by atoms with E-state index >= 15 is 0 Å². The first-order valence-electron chi connectivity index (χ1n) is 6.83. The van der Waals surface area contributed by atoms with E-state index in [-0.39, 0.29) is 11.9 Å². The summed E-state index contributed by atoms with van der Waals surface area (Å²) in [6, 6.07) is 5.37. The van der Waals surface area contributed by atoms with Gasteiger partial charge in [-0.1, -0.05) is 13.3 Å². The van der Waals surface area contributed by atoms with Crippen LogP contribution >= 0.6 is 0 Å². The maximum atomic E-state index is 12.2. The number of nitrogens with one attached hydrogen (secondary N) is 1. The third-order valence-electron chi connectivity index (χ3n) is 3.41. The molecule has 3 N–H and O–H groups in total. The monoisotopic (exact) mass is 263 g/mol. The normalized spacial score (nSPS) is 12.5. The highest BCUT2D eigenvalue weighted by atomic mass is 16.2. The number of carbonyl (C=O) groups excluding carboxylic acids is 1. The fourth-order valence-electron chi connectivity index (χ4n) is 1.87. The van der Waals surface area contributed by atoms with E-state index in [4.69, 9.17) is 5.73 Å². The minimum Gasteiger partial charge on any atom is -0.399 e. The van der Waals surface area contributed by atoms with Gasteiger partial charge in [0.1, 0.15) is 0 Å². The second kappa shape index (κ2) is 7.14. The van der Waals surface area contributed by atoms with Gasteiger partial charge in [0.15, 0.2) is 0 Å². The van der Waals surface area contributed by atoms with Gasteiger partial charge in [0.25, 0.3) is 0 Å². The molecule has 0 saturated heterocycles. The minimum absolute atomic E-state index is 0.0199. The van der Waals surface area contributed by atoms with Gasteiger partial charge in [-0.2, -0.15) is 0 Å². The molecule has 0 spiro atoms. The summed E-state index contributed by atoms with van der Waals surface area (Å²) in [5.41, 5.74) is 8.22. The van der Waals surface area contributed by atoms with Crippen molar-refractivity contribution in [3.05, 3.63) is 23.8 Å². The fraction of sp³-hybridized carbons (Fsp3) is 0.533. The van der Waals surface area contributed by atoms with Crippen LogP contribution in [-0.2, 0) is 4.79 Å². The van der Waals surface area contributed by atoms with Crippen molar-refractivity contribution >= 4 is 17.3 Å². The molecular formula is C15H25N3O. The van der Waals surface area contributed by atoms with Crippen LogP contribution in [0.1, 0.15) is 32.3 Å². The summed E-state index contributed by atoms with van der Waals surface area (Å²) in [6.07, 6.45) is 2.24. The number of likely N-dealkylation sites (N-methyl/N-ethyl adjacent to an activating group) is 1. The van der Waals surface area contributed by atoms with Crippen LogP contribution in [0.4, 0.5) is 11.4 Å². The van der Waals surface area contributed by atoms with Crippen molar-refractivity contribution < 1.29 is 4.79 Å². The standard InChI is InChI=1S/C15H25N3O/c1-5-6-9-18(4)12(3)15(19)17-14-8-7-13(16)10-11(14)2/h7-8,10,12H,5-6,9,16H2,1-4H3,(H,17,19). The minimum atomic E-state index is -0.136. The van der Waals surface area contributed by atoms with E-state index < -0.39 is 0 Å². The number of amides is 1. The maximum absolute atomic E-state index is 12.2. The Bertz CT molecular complexity index is 431. The van der Waals surface area contributed by atoms with Crippen molar-refractivity contribution in [2.45, 2.75) is 39.7 Å². The van der Waals surface area contributed by atoms with Crippen molar-refractivity contribution in [3.8, 4) is 0 Å². The van der Waals surface area contributed by atoms with E-state index in [1.54, 1.807) is 6.07 Å². The van der Waals surface area contributed by atoms with Gasteiger partial charge >= 0.3 is 0 Å². The molecule has 0 radical (unpaired) electrons. The van der Waals surface area contributed by atoms with Crippen LogP contribution in [0, 0.1) is 6.92 Å². The van der Waals surface area contributed by atoms with Crippen molar-refractivity contribution in [1.29, 1.82) is 0 Å². The summed E-state index contributed by atoms with van der Waals surface area (Å²) in [6.45, 7) is 6.96. The quantitative estimate of drug-likeness (QED) is 0.776. The largest absolute Gasteiger partial charge is 0.399 e. The summed E-state index contributed by atoms with van der Waals surface area (Å²) in [4.78, 5) is 14.2. The molecule has 0 heterocycles. The maximum Gasteiger partial charge on any atom is 0.241 e. The Morgan fingerprint density at radius 3 is 2.74 bits per heavy atom. The molecule has 1 rings (SSSR count). The van der Waals surface area contributed by atoms with Gasteiger partial charge < -0.3 is 11.1 Å². The average Bonchev–Trinajstić information content (AvgIpc) is 2.38. The second-order valence-electron chi connectivity index (χ2n) is 5.07. The molecule has 0 aliphatic rings. The van der Waals surface area contributed by atoms with Gasteiger partial charge in [-0.15, -0.1) is 0 Å². The third kappa shape index (κ3) is 4.56. The van der Waals surface area contributed by atoms with E-state index in [0.717, 1.165) is 30.6 Å². The SMILES string of the molecule is CCCCN(C)C(C)C(=O)Nc1ccc(N)cc1C. The lowest BCUT2D eigenvalue weighted by Gasteiger charge is -2.24. The number of carbonyl (C=O) groups is 1. The van der Waals surface area contributed by atoms with Gasteiger partial charge in [0, 0.05) is 11.4 Å². The number of benzene rings is 1. The number of nitrogens with two attached hydrogens (primary N) is 1. The molecule has 19 heavy (non-hydrogen) atoms. The zero-order valence-corrected chi connectivity index (χ0v) is 12.4. The average molecular weight is 263 g/mol. The zero-order chi connectivity index (χ0) is 14.4. The van der Waals surface area contributed by atoms with E-state index in [0.29, 0.717) is 5.69 Å². The third-order valence-corrected chi connectivity index (χ3v) is 3.41. The van der Waals surface area contributed by atoms with Crippen LogP contribution in [0.3, 0.4) is 0 Å². The van der Waals surface area contributed by atoms with Crippen LogP contribution in [0.2, 0.25) is 0 Å². The molecule has 1 atom stereocenters. The first-order chi connectivity index (χ1) is 8.95. The summed E-state index contributed by atoms with van der Waals surface area (Å²) < 4.78 is 0. The number of hydrogen-bond acceptors (Lipinski definition) is 3. The zero-order valence-electron chi connectivity index (χ0n) is 12.4. The Labute approximate surface area is 116 Å². The topological polar surface area (TPSA) is 58.4 Å². The van der Waals surface area contributed by atoms with Crippen LogP contribution < -0.4 is 11.1 Å². The Balaban J connectivity index is 2.63. The number of hydrogen-bond donors (Lipinski definition) is 2. The molecule has 0 saturated carbocycles. The van der Waals surface area contributed by atoms with Gasteiger partial charge in [0.05, 0.1) is 6.04 Å². The first-order valence-corrected chi connectivity index (χ1v) is 6.83. The van der Waals surface area contributed by atoms with Crippen molar-refractivity contribution in [1.82, 2.24) is 4.90 Å². The molecule has 0 fully saturated rings. The van der Waals surface area contributed by atoms with E-state index in [1.165, 1.54) is 0 Å². The predicted molar refractivity (Wildman–Crippen MR) is 81.2 cm³/mol. The number of aryl methyl sites for hydroxylation is 1. The number of rotatable bonds is 6. The summed E-state index contributed by atoms with van der Waals surface area (Å²) in [5, 5.41) is 2.96. The fourth-order valence-corrected chi connectivity index (χ4v) is 1.87. The lowest BCUT2D eigenvalue weighted by atomic mass is 10.1. The summed E-state index contributed by atoms with van der Waals surface area (Å²) >= 11 is 0.